The fourth-order valence-corrected chi connectivity index (χ4v) is 2.01. The van der Waals surface area contributed by atoms with Crippen LogP contribution in [-0.2, 0) is 0 Å². The van der Waals surface area contributed by atoms with Crippen LogP contribution in [0.2, 0.25) is 0 Å². The first kappa shape index (κ1) is 11.4. The molecule has 0 bridgehead atoms. The molecule has 0 fully saturated rings. The van der Waals surface area contributed by atoms with Crippen LogP contribution in [0.3, 0.4) is 0 Å². The standard InChI is InChI=1S/C13H8FNOS/c14-11-6-9(13(16)10(7-11)8-15)3-4-12-2-1-5-17-12/h1-7,16H/b4-3+. The molecule has 1 heterocycles. The van der Waals surface area contributed by atoms with Crippen molar-refractivity contribution >= 4 is 23.5 Å². The minimum absolute atomic E-state index is 0.0594. The van der Waals surface area contributed by atoms with Crippen molar-refractivity contribution < 1.29 is 9.50 Å². The summed E-state index contributed by atoms with van der Waals surface area (Å²) in [6, 6.07) is 7.76. The maximum absolute atomic E-state index is 13.2. The number of aromatic hydroxyl groups is 1. The summed E-state index contributed by atoms with van der Waals surface area (Å²) in [5.74, 6) is -0.730. The molecule has 0 unspecified atom stereocenters. The topological polar surface area (TPSA) is 44.0 Å². The van der Waals surface area contributed by atoms with Crippen molar-refractivity contribution in [1.29, 1.82) is 5.26 Å². The number of rotatable bonds is 2. The zero-order valence-electron chi connectivity index (χ0n) is 8.72. The summed E-state index contributed by atoms with van der Waals surface area (Å²) in [6.45, 7) is 0. The molecular formula is C13H8FNOS. The van der Waals surface area contributed by atoms with Gasteiger partial charge in [0.15, 0.2) is 0 Å². The molecule has 0 aliphatic carbocycles. The zero-order valence-corrected chi connectivity index (χ0v) is 9.54. The van der Waals surface area contributed by atoms with Crippen LogP contribution < -0.4 is 0 Å². The fraction of sp³-hybridized carbons (Fsp3) is 0. The first-order valence-electron chi connectivity index (χ1n) is 4.85. The lowest BCUT2D eigenvalue weighted by Crippen LogP contribution is -1.84. The fourth-order valence-electron chi connectivity index (χ4n) is 1.39. The summed E-state index contributed by atoms with van der Waals surface area (Å²) in [5.41, 5.74) is 0.241. The average Bonchev–Trinajstić information content (AvgIpc) is 2.82. The van der Waals surface area contributed by atoms with Crippen molar-refractivity contribution in [2.45, 2.75) is 0 Å². The lowest BCUT2D eigenvalue weighted by atomic mass is 10.1. The van der Waals surface area contributed by atoms with E-state index in [0.717, 1.165) is 10.9 Å². The molecule has 4 heteroatoms. The Bertz CT molecular complexity index is 597. The number of thiophene rings is 1. The van der Waals surface area contributed by atoms with Crippen LogP contribution in [0.1, 0.15) is 16.0 Å². The van der Waals surface area contributed by atoms with Gasteiger partial charge >= 0.3 is 0 Å². The Balaban J connectivity index is 2.40. The molecule has 1 aromatic carbocycles. The summed E-state index contributed by atoms with van der Waals surface area (Å²) < 4.78 is 13.2. The Hall–Kier alpha value is -2.12. The lowest BCUT2D eigenvalue weighted by molar-refractivity contribution is 0.470. The van der Waals surface area contributed by atoms with Gasteiger partial charge < -0.3 is 5.11 Å². The molecule has 0 amide bonds. The van der Waals surface area contributed by atoms with Crippen LogP contribution in [0, 0.1) is 17.1 Å². The van der Waals surface area contributed by atoms with E-state index in [4.69, 9.17) is 5.26 Å². The number of nitrogens with zero attached hydrogens (tertiary/aromatic N) is 1. The second kappa shape index (κ2) is 4.81. The summed E-state index contributed by atoms with van der Waals surface area (Å²) in [4.78, 5) is 0.993. The van der Waals surface area contributed by atoms with Gasteiger partial charge in [0.25, 0.3) is 0 Å². The highest BCUT2D eigenvalue weighted by Crippen LogP contribution is 2.25. The van der Waals surface area contributed by atoms with Crippen molar-refractivity contribution in [3.05, 3.63) is 51.5 Å². The van der Waals surface area contributed by atoms with Crippen LogP contribution in [0.15, 0.2) is 29.6 Å². The normalized spacial score (nSPS) is 10.6. The van der Waals surface area contributed by atoms with Gasteiger partial charge in [0.2, 0.25) is 0 Å². The molecule has 0 saturated carbocycles. The molecule has 2 aromatic rings. The number of benzene rings is 1. The predicted molar refractivity (Wildman–Crippen MR) is 66.0 cm³/mol. The Morgan fingerprint density at radius 3 is 2.82 bits per heavy atom. The highest BCUT2D eigenvalue weighted by molar-refractivity contribution is 7.10. The van der Waals surface area contributed by atoms with Crippen molar-refractivity contribution in [2.75, 3.05) is 0 Å². The third-order valence-corrected chi connectivity index (χ3v) is 3.03. The number of halogens is 1. The molecule has 2 rings (SSSR count). The van der Waals surface area contributed by atoms with E-state index in [0.29, 0.717) is 5.56 Å². The highest BCUT2D eigenvalue weighted by Gasteiger charge is 2.07. The summed E-state index contributed by atoms with van der Waals surface area (Å²) in [5, 5.41) is 20.3. The van der Waals surface area contributed by atoms with Gasteiger partial charge in [0.05, 0.1) is 5.56 Å². The van der Waals surface area contributed by atoms with E-state index in [1.807, 2.05) is 17.5 Å². The van der Waals surface area contributed by atoms with E-state index >= 15 is 0 Å². The quantitative estimate of drug-likeness (QED) is 0.877. The molecule has 0 aliphatic rings. The highest BCUT2D eigenvalue weighted by atomic mass is 32.1. The first-order valence-corrected chi connectivity index (χ1v) is 5.73. The van der Waals surface area contributed by atoms with Crippen LogP contribution in [-0.4, -0.2) is 5.11 Å². The average molecular weight is 245 g/mol. The summed E-state index contributed by atoms with van der Waals surface area (Å²) in [6.07, 6.45) is 3.35. The second-order valence-corrected chi connectivity index (χ2v) is 4.33. The molecule has 2 nitrogen and oxygen atoms in total. The van der Waals surface area contributed by atoms with Gasteiger partial charge in [-0.05, 0) is 35.7 Å². The smallest absolute Gasteiger partial charge is 0.140 e. The largest absolute Gasteiger partial charge is 0.506 e. The molecule has 84 valence electrons. The third-order valence-electron chi connectivity index (χ3n) is 2.19. The molecule has 0 atom stereocenters. The van der Waals surface area contributed by atoms with Gasteiger partial charge in [0, 0.05) is 10.4 Å². The van der Waals surface area contributed by atoms with Gasteiger partial charge in [-0.15, -0.1) is 11.3 Å². The van der Waals surface area contributed by atoms with Crippen molar-refractivity contribution in [1.82, 2.24) is 0 Å². The number of hydrogen-bond donors (Lipinski definition) is 1. The number of phenolic OH excluding ortho intramolecular Hbond substituents is 1. The van der Waals surface area contributed by atoms with Crippen molar-refractivity contribution in [3.8, 4) is 11.8 Å². The molecule has 1 aromatic heterocycles. The molecule has 0 saturated heterocycles. The van der Waals surface area contributed by atoms with E-state index in [9.17, 15) is 9.50 Å². The van der Waals surface area contributed by atoms with Gasteiger partial charge in [-0.2, -0.15) is 5.26 Å². The molecule has 0 aliphatic heterocycles. The van der Waals surface area contributed by atoms with Crippen LogP contribution in [0.4, 0.5) is 4.39 Å². The number of hydrogen-bond acceptors (Lipinski definition) is 3. The van der Waals surface area contributed by atoms with Gasteiger partial charge in [-0.3, -0.25) is 0 Å². The van der Waals surface area contributed by atoms with Gasteiger partial charge in [-0.25, -0.2) is 4.39 Å². The summed E-state index contributed by atoms with van der Waals surface area (Å²) in [7, 11) is 0. The Morgan fingerprint density at radius 1 is 1.35 bits per heavy atom. The molecule has 0 spiro atoms. The third kappa shape index (κ3) is 2.52. The Kier molecular flexibility index (Phi) is 3.22. The SMILES string of the molecule is N#Cc1cc(F)cc(/C=C/c2cccs2)c1O. The number of phenols is 1. The van der Waals surface area contributed by atoms with Gasteiger partial charge in [0.1, 0.15) is 17.6 Å². The Morgan fingerprint density at radius 2 is 2.18 bits per heavy atom. The monoisotopic (exact) mass is 245 g/mol. The van der Waals surface area contributed by atoms with E-state index in [-0.39, 0.29) is 11.3 Å². The van der Waals surface area contributed by atoms with Crippen LogP contribution in [0.25, 0.3) is 12.2 Å². The van der Waals surface area contributed by atoms with Crippen molar-refractivity contribution in [2.24, 2.45) is 0 Å². The van der Waals surface area contributed by atoms with E-state index < -0.39 is 5.82 Å². The Labute approximate surface area is 102 Å². The lowest BCUT2D eigenvalue weighted by Gasteiger charge is -2.01. The first-order chi connectivity index (χ1) is 8.20. The van der Waals surface area contributed by atoms with Crippen molar-refractivity contribution in [3.63, 3.8) is 0 Å². The van der Waals surface area contributed by atoms with E-state index in [2.05, 4.69) is 0 Å². The second-order valence-electron chi connectivity index (χ2n) is 3.35. The zero-order chi connectivity index (χ0) is 12.3. The van der Waals surface area contributed by atoms with E-state index in [1.165, 1.54) is 17.4 Å². The molecule has 0 radical (unpaired) electrons. The number of nitriles is 1. The molecule has 1 N–H and O–H groups in total. The van der Waals surface area contributed by atoms with E-state index in [1.54, 1.807) is 18.2 Å². The molecule has 17 heavy (non-hydrogen) atoms. The summed E-state index contributed by atoms with van der Waals surface area (Å²) >= 11 is 1.53. The maximum atomic E-state index is 13.2. The van der Waals surface area contributed by atoms with Crippen LogP contribution >= 0.6 is 11.3 Å². The minimum atomic E-state index is -0.537. The van der Waals surface area contributed by atoms with Crippen LogP contribution in [0.5, 0.6) is 5.75 Å². The maximum Gasteiger partial charge on any atom is 0.140 e. The predicted octanol–water partition coefficient (Wildman–Crippen LogP) is 3.63. The molecular weight excluding hydrogens is 237 g/mol. The van der Waals surface area contributed by atoms with Gasteiger partial charge in [-0.1, -0.05) is 6.07 Å². The minimum Gasteiger partial charge on any atom is -0.506 e.